The molecule has 0 aromatic heterocycles. The molecule has 0 aromatic rings. The molecular weight excluding hydrogens is 208 g/mol. The summed E-state index contributed by atoms with van der Waals surface area (Å²) in [5.74, 6) is -0.0456. The SMILES string of the molecule is O=C(O)C=CC1=CC=C(OCCCO)CC1. The molecule has 2 N–H and O–H groups in total. The molecule has 0 aliphatic heterocycles. The van der Waals surface area contributed by atoms with Crippen molar-refractivity contribution in [1.29, 1.82) is 0 Å². The average molecular weight is 224 g/mol. The van der Waals surface area contributed by atoms with Gasteiger partial charge in [0.25, 0.3) is 0 Å². The van der Waals surface area contributed by atoms with E-state index in [4.69, 9.17) is 14.9 Å². The highest BCUT2D eigenvalue weighted by Crippen LogP contribution is 2.20. The van der Waals surface area contributed by atoms with Gasteiger partial charge in [-0.05, 0) is 18.1 Å². The smallest absolute Gasteiger partial charge is 0.328 e. The van der Waals surface area contributed by atoms with Crippen molar-refractivity contribution in [2.45, 2.75) is 19.3 Å². The first-order valence-electron chi connectivity index (χ1n) is 5.27. The summed E-state index contributed by atoms with van der Waals surface area (Å²) in [5, 5.41) is 17.0. The van der Waals surface area contributed by atoms with Gasteiger partial charge in [0.1, 0.15) is 0 Å². The van der Waals surface area contributed by atoms with E-state index in [2.05, 4.69) is 0 Å². The number of aliphatic hydroxyl groups excluding tert-OH is 1. The summed E-state index contributed by atoms with van der Waals surface area (Å²) in [7, 11) is 0. The second kappa shape index (κ2) is 6.85. The van der Waals surface area contributed by atoms with E-state index in [1.807, 2.05) is 12.2 Å². The highest BCUT2D eigenvalue weighted by atomic mass is 16.5. The summed E-state index contributed by atoms with van der Waals surface area (Å²) >= 11 is 0. The van der Waals surface area contributed by atoms with Crippen molar-refractivity contribution in [3.8, 4) is 0 Å². The zero-order chi connectivity index (χ0) is 11.8. The summed E-state index contributed by atoms with van der Waals surface area (Å²) < 4.78 is 5.41. The van der Waals surface area contributed by atoms with Crippen LogP contribution in [0.25, 0.3) is 0 Å². The lowest BCUT2D eigenvalue weighted by Crippen LogP contribution is -2.00. The average Bonchev–Trinajstić information content (AvgIpc) is 2.28. The van der Waals surface area contributed by atoms with E-state index in [0.717, 1.165) is 30.2 Å². The maximum absolute atomic E-state index is 10.3. The number of carboxylic acids is 1. The Bertz CT molecular complexity index is 326. The summed E-state index contributed by atoms with van der Waals surface area (Å²) in [6, 6.07) is 0. The molecule has 0 fully saturated rings. The van der Waals surface area contributed by atoms with Crippen LogP contribution in [0.15, 0.2) is 35.6 Å². The van der Waals surface area contributed by atoms with Gasteiger partial charge in [-0.15, -0.1) is 0 Å². The van der Waals surface area contributed by atoms with Crippen LogP contribution in [0.4, 0.5) is 0 Å². The van der Waals surface area contributed by atoms with Crippen LogP contribution >= 0.6 is 0 Å². The van der Waals surface area contributed by atoms with Gasteiger partial charge in [-0.2, -0.15) is 0 Å². The van der Waals surface area contributed by atoms with E-state index >= 15 is 0 Å². The number of carbonyl (C=O) groups is 1. The van der Waals surface area contributed by atoms with E-state index in [1.54, 1.807) is 6.08 Å². The van der Waals surface area contributed by atoms with Gasteiger partial charge in [0.15, 0.2) is 0 Å². The Morgan fingerprint density at radius 3 is 2.81 bits per heavy atom. The third-order valence-corrected chi connectivity index (χ3v) is 2.17. The number of aliphatic hydroxyl groups is 1. The molecule has 0 atom stereocenters. The standard InChI is InChI=1S/C12H16O4/c13-8-1-9-16-11-5-2-10(3-6-11)4-7-12(14)15/h2,4-5,7,13H,1,3,6,8-9H2,(H,14,15). The summed E-state index contributed by atoms with van der Waals surface area (Å²) in [4.78, 5) is 10.3. The van der Waals surface area contributed by atoms with Crippen molar-refractivity contribution in [2.24, 2.45) is 0 Å². The van der Waals surface area contributed by atoms with Crippen LogP contribution in [-0.4, -0.2) is 29.4 Å². The third-order valence-electron chi connectivity index (χ3n) is 2.17. The normalized spacial score (nSPS) is 15.8. The molecule has 0 saturated carbocycles. The van der Waals surface area contributed by atoms with Gasteiger partial charge < -0.3 is 14.9 Å². The van der Waals surface area contributed by atoms with Crippen LogP contribution < -0.4 is 0 Å². The van der Waals surface area contributed by atoms with Crippen LogP contribution in [0.1, 0.15) is 19.3 Å². The van der Waals surface area contributed by atoms with Crippen molar-refractivity contribution >= 4 is 5.97 Å². The molecule has 0 aromatic carbocycles. The van der Waals surface area contributed by atoms with Crippen LogP contribution in [-0.2, 0) is 9.53 Å². The number of carboxylic acid groups (broad SMARTS) is 1. The zero-order valence-electron chi connectivity index (χ0n) is 9.06. The van der Waals surface area contributed by atoms with Gasteiger partial charge in [-0.3, -0.25) is 0 Å². The third kappa shape index (κ3) is 4.79. The Morgan fingerprint density at radius 2 is 2.25 bits per heavy atom. The van der Waals surface area contributed by atoms with Gasteiger partial charge in [0.2, 0.25) is 0 Å². The minimum Gasteiger partial charge on any atom is -0.498 e. The lowest BCUT2D eigenvalue weighted by molar-refractivity contribution is -0.131. The van der Waals surface area contributed by atoms with E-state index in [0.29, 0.717) is 13.0 Å². The lowest BCUT2D eigenvalue weighted by Gasteiger charge is -2.13. The zero-order valence-corrected chi connectivity index (χ0v) is 9.06. The molecule has 4 heteroatoms. The van der Waals surface area contributed by atoms with Gasteiger partial charge in [-0.25, -0.2) is 4.79 Å². The van der Waals surface area contributed by atoms with Crippen molar-refractivity contribution in [2.75, 3.05) is 13.2 Å². The molecule has 0 bridgehead atoms. The summed E-state index contributed by atoms with van der Waals surface area (Å²) in [6.07, 6.45) is 8.64. The highest BCUT2D eigenvalue weighted by Gasteiger charge is 2.05. The quantitative estimate of drug-likeness (QED) is 0.531. The predicted octanol–water partition coefficient (Wildman–Crippen LogP) is 1.63. The van der Waals surface area contributed by atoms with Crippen molar-refractivity contribution in [1.82, 2.24) is 0 Å². The predicted molar refractivity (Wildman–Crippen MR) is 59.8 cm³/mol. The fraction of sp³-hybridized carbons (Fsp3) is 0.417. The van der Waals surface area contributed by atoms with E-state index in [1.165, 1.54) is 0 Å². The minimum atomic E-state index is -0.935. The Balaban J connectivity index is 2.41. The summed E-state index contributed by atoms with van der Waals surface area (Å²) in [5.41, 5.74) is 0.983. The van der Waals surface area contributed by atoms with Crippen molar-refractivity contribution in [3.05, 3.63) is 35.6 Å². The van der Waals surface area contributed by atoms with Gasteiger partial charge >= 0.3 is 5.97 Å². The second-order valence-electron chi connectivity index (χ2n) is 3.47. The number of hydrogen-bond donors (Lipinski definition) is 2. The molecule has 1 aliphatic rings. The first kappa shape index (κ1) is 12.5. The maximum atomic E-state index is 10.3. The number of ether oxygens (including phenoxy) is 1. The molecule has 0 spiro atoms. The molecule has 0 unspecified atom stereocenters. The number of hydrogen-bond acceptors (Lipinski definition) is 3. The molecule has 16 heavy (non-hydrogen) atoms. The van der Waals surface area contributed by atoms with Gasteiger partial charge in [0.05, 0.1) is 12.4 Å². The molecule has 88 valence electrons. The van der Waals surface area contributed by atoms with Crippen molar-refractivity contribution < 1.29 is 19.7 Å². The molecule has 0 heterocycles. The maximum Gasteiger partial charge on any atom is 0.328 e. The molecule has 1 rings (SSSR count). The lowest BCUT2D eigenvalue weighted by atomic mass is 10.0. The highest BCUT2D eigenvalue weighted by molar-refractivity contribution is 5.80. The monoisotopic (exact) mass is 224 g/mol. The molecular formula is C12H16O4. The van der Waals surface area contributed by atoms with Gasteiger partial charge in [0, 0.05) is 25.5 Å². The van der Waals surface area contributed by atoms with Crippen LogP contribution in [0.2, 0.25) is 0 Å². The van der Waals surface area contributed by atoms with Crippen LogP contribution in [0.5, 0.6) is 0 Å². The first-order valence-corrected chi connectivity index (χ1v) is 5.27. The number of aliphatic carboxylic acids is 1. The second-order valence-corrected chi connectivity index (χ2v) is 3.47. The Labute approximate surface area is 94.5 Å². The van der Waals surface area contributed by atoms with E-state index in [-0.39, 0.29) is 6.61 Å². The Kier molecular flexibility index (Phi) is 5.36. The molecule has 1 aliphatic carbocycles. The molecule has 0 saturated heterocycles. The number of allylic oxidation sites excluding steroid dienone is 5. The van der Waals surface area contributed by atoms with E-state index in [9.17, 15) is 4.79 Å². The fourth-order valence-corrected chi connectivity index (χ4v) is 1.34. The Hall–Kier alpha value is -1.55. The topological polar surface area (TPSA) is 66.8 Å². The van der Waals surface area contributed by atoms with Gasteiger partial charge in [-0.1, -0.05) is 12.2 Å². The summed E-state index contributed by atoms with van der Waals surface area (Å²) in [6.45, 7) is 0.659. The fourth-order valence-electron chi connectivity index (χ4n) is 1.34. The van der Waals surface area contributed by atoms with Crippen LogP contribution in [0.3, 0.4) is 0 Å². The molecule has 4 nitrogen and oxygen atoms in total. The minimum absolute atomic E-state index is 0.135. The largest absolute Gasteiger partial charge is 0.498 e. The Morgan fingerprint density at radius 1 is 1.44 bits per heavy atom. The van der Waals surface area contributed by atoms with Crippen LogP contribution in [0, 0.1) is 0 Å². The first-order chi connectivity index (χ1) is 7.72. The van der Waals surface area contributed by atoms with Crippen molar-refractivity contribution in [3.63, 3.8) is 0 Å². The molecule has 0 amide bonds. The molecule has 0 radical (unpaired) electrons. The van der Waals surface area contributed by atoms with E-state index < -0.39 is 5.97 Å². The number of rotatable bonds is 6.